The van der Waals surface area contributed by atoms with E-state index < -0.39 is 0 Å². The van der Waals surface area contributed by atoms with E-state index >= 15 is 0 Å². The van der Waals surface area contributed by atoms with Crippen LogP contribution < -0.4 is 0 Å². The zero-order chi connectivity index (χ0) is 16.9. The number of likely N-dealkylation sites (N-methyl/N-ethyl adjacent to an activating group) is 1. The van der Waals surface area contributed by atoms with Gasteiger partial charge in [0.25, 0.3) is 5.24 Å². The maximum absolute atomic E-state index is 12.4. The number of hydrogen-bond donors (Lipinski definition) is 0. The van der Waals surface area contributed by atoms with Gasteiger partial charge in [0, 0.05) is 31.9 Å². The van der Waals surface area contributed by atoms with Crippen LogP contribution in [-0.2, 0) is 5.75 Å². The molecule has 124 valence electrons. The average Bonchev–Trinajstić information content (AvgIpc) is 3.14. The average molecular weight is 358 g/mol. The zero-order valence-electron chi connectivity index (χ0n) is 13.4. The van der Waals surface area contributed by atoms with E-state index in [0.717, 1.165) is 36.8 Å². The van der Waals surface area contributed by atoms with Crippen LogP contribution in [-0.4, -0.2) is 53.2 Å². The van der Waals surface area contributed by atoms with Crippen LogP contribution in [0.1, 0.15) is 11.3 Å². The van der Waals surface area contributed by atoms with Gasteiger partial charge in [-0.15, -0.1) is 11.3 Å². The smallest absolute Gasteiger partial charge is 0.282 e. The van der Waals surface area contributed by atoms with E-state index in [4.69, 9.17) is 0 Å². The molecule has 3 rings (SSSR count). The molecule has 0 spiro atoms. The highest BCUT2D eigenvalue weighted by molar-refractivity contribution is 8.12. The predicted molar refractivity (Wildman–Crippen MR) is 98.0 cm³/mol. The van der Waals surface area contributed by atoms with Crippen LogP contribution in [0.3, 0.4) is 0 Å². The Kier molecular flexibility index (Phi) is 5.51. The Balaban J connectivity index is 1.69. The van der Waals surface area contributed by atoms with E-state index in [0.29, 0.717) is 17.0 Å². The minimum atomic E-state index is 0.0651. The van der Waals surface area contributed by atoms with Crippen molar-refractivity contribution in [3.05, 3.63) is 40.9 Å². The molecule has 2 aromatic heterocycles. The lowest BCUT2D eigenvalue weighted by Crippen LogP contribution is -2.45. The number of nitriles is 1. The van der Waals surface area contributed by atoms with Crippen LogP contribution in [0, 0.1) is 11.3 Å². The molecule has 1 fully saturated rings. The standard InChI is InChI=1S/C17H18N4OS2/c1-20-6-8-21(9-7-20)17(22)24-12-15-13(11-18)4-5-14(19-15)16-3-2-10-23-16/h2-5,10H,6-9,12H2,1H3. The van der Waals surface area contributed by atoms with E-state index in [2.05, 4.69) is 23.0 Å². The molecule has 0 aromatic carbocycles. The summed E-state index contributed by atoms with van der Waals surface area (Å²) in [5, 5.41) is 11.4. The van der Waals surface area contributed by atoms with E-state index in [1.165, 1.54) is 11.8 Å². The van der Waals surface area contributed by atoms with Gasteiger partial charge >= 0.3 is 0 Å². The maximum Gasteiger partial charge on any atom is 0.282 e. The fraction of sp³-hybridized carbons (Fsp3) is 0.353. The van der Waals surface area contributed by atoms with Crippen LogP contribution in [0.4, 0.5) is 4.79 Å². The first kappa shape index (κ1) is 17.0. The Morgan fingerprint density at radius 3 is 2.79 bits per heavy atom. The van der Waals surface area contributed by atoms with E-state index in [-0.39, 0.29) is 5.24 Å². The molecule has 1 aliphatic rings. The number of carbonyl (C=O) groups is 1. The number of pyridine rings is 1. The summed E-state index contributed by atoms with van der Waals surface area (Å²) in [7, 11) is 2.06. The first-order valence-electron chi connectivity index (χ1n) is 7.71. The van der Waals surface area contributed by atoms with Gasteiger partial charge in [0.05, 0.1) is 21.8 Å². The second-order valence-corrected chi connectivity index (χ2v) is 7.50. The number of hydrogen-bond acceptors (Lipinski definition) is 6. The molecule has 0 N–H and O–H groups in total. The van der Waals surface area contributed by atoms with Crippen molar-refractivity contribution >= 4 is 28.3 Å². The number of nitrogens with zero attached hydrogens (tertiary/aromatic N) is 4. The van der Waals surface area contributed by atoms with Gasteiger partial charge in [0.15, 0.2) is 0 Å². The summed E-state index contributed by atoms with van der Waals surface area (Å²) in [6, 6.07) is 9.81. The minimum Gasteiger partial charge on any atom is -0.331 e. The van der Waals surface area contributed by atoms with Crippen molar-refractivity contribution in [1.82, 2.24) is 14.8 Å². The third kappa shape index (κ3) is 3.96. The van der Waals surface area contributed by atoms with Gasteiger partial charge in [0.2, 0.25) is 0 Å². The molecule has 0 atom stereocenters. The molecule has 0 bridgehead atoms. The predicted octanol–water partition coefficient (Wildman–Crippen LogP) is 3.28. The summed E-state index contributed by atoms with van der Waals surface area (Å²) in [5.41, 5.74) is 2.07. The van der Waals surface area contributed by atoms with Crippen LogP contribution in [0.25, 0.3) is 10.6 Å². The topological polar surface area (TPSA) is 60.2 Å². The van der Waals surface area contributed by atoms with Crippen molar-refractivity contribution in [2.45, 2.75) is 5.75 Å². The number of thiophene rings is 1. The zero-order valence-corrected chi connectivity index (χ0v) is 15.1. The highest BCUT2D eigenvalue weighted by Crippen LogP contribution is 2.26. The molecule has 0 unspecified atom stereocenters. The van der Waals surface area contributed by atoms with Crippen LogP contribution in [0.2, 0.25) is 0 Å². The number of carbonyl (C=O) groups excluding carboxylic acids is 1. The summed E-state index contributed by atoms with van der Waals surface area (Å²) in [5.74, 6) is 0.424. The van der Waals surface area contributed by atoms with Crippen LogP contribution in [0.5, 0.6) is 0 Å². The molecule has 24 heavy (non-hydrogen) atoms. The Labute approximate surface area is 149 Å². The number of amides is 1. The summed E-state index contributed by atoms with van der Waals surface area (Å²) in [6.45, 7) is 3.33. The van der Waals surface area contributed by atoms with E-state index in [1.54, 1.807) is 17.4 Å². The highest BCUT2D eigenvalue weighted by Gasteiger charge is 2.20. The molecule has 0 saturated carbocycles. The van der Waals surface area contributed by atoms with Crippen molar-refractivity contribution in [1.29, 1.82) is 5.26 Å². The number of rotatable bonds is 3. The molecule has 5 nitrogen and oxygen atoms in total. The van der Waals surface area contributed by atoms with Crippen molar-refractivity contribution < 1.29 is 4.79 Å². The second kappa shape index (κ2) is 7.79. The Bertz CT molecular complexity index is 746. The van der Waals surface area contributed by atoms with Crippen molar-refractivity contribution in [3.8, 4) is 16.6 Å². The summed E-state index contributed by atoms with van der Waals surface area (Å²) >= 11 is 2.84. The minimum absolute atomic E-state index is 0.0651. The van der Waals surface area contributed by atoms with Gasteiger partial charge in [0.1, 0.15) is 6.07 Å². The Morgan fingerprint density at radius 2 is 2.12 bits per heavy atom. The lowest BCUT2D eigenvalue weighted by Gasteiger charge is -2.32. The SMILES string of the molecule is CN1CCN(C(=O)SCc2nc(-c3cccs3)ccc2C#N)CC1. The first-order chi connectivity index (χ1) is 11.7. The first-order valence-corrected chi connectivity index (χ1v) is 9.58. The quantitative estimate of drug-likeness (QED) is 0.843. The molecule has 7 heteroatoms. The van der Waals surface area contributed by atoms with Crippen molar-refractivity contribution in [2.75, 3.05) is 33.2 Å². The van der Waals surface area contributed by atoms with Gasteiger partial charge in [-0.3, -0.25) is 4.79 Å². The van der Waals surface area contributed by atoms with E-state index in [9.17, 15) is 10.1 Å². The molecule has 0 radical (unpaired) electrons. The Hall–Kier alpha value is -1.88. The molecule has 1 aliphatic heterocycles. The van der Waals surface area contributed by atoms with Gasteiger partial charge in [-0.1, -0.05) is 17.8 Å². The third-order valence-electron chi connectivity index (χ3n) is 3.96. The second-order valence-electron chi connectivity index (χ2n) is 5.62. The van der Waals surface area contributed by atoms with Crippen molar-refractivity contribution in [3.63, 3.8) is 0 Å². The van der Waals surface area contributed by atoms with Crippen LogP contribution >= 0.6 is 23.1 Å². The number of piperazine rings is 1. The fourth-order valence-corrected chi connectivity index (χ4v) is 4.03. The summed E-state index contributed by atoms with van der Waals surface area (Å²) < 4.78 is 0. The molecule has 1 amide bonds. The lowest BCUT2D eigenvalue weighted by atomic mass is 10.2. The normalized spacial score (nSPS) is 15.2. The molecule has 1 saturated heterocycles. The van der Waals surface area contributed by atoms with Gasteiger partial charge in [-0.25, -0.2) is 4.98 Å². The molecule has 2 aromatic rings. The van der Waals surface area contributed by atoms with Gasteiger partial charge < -0.3 is 9.80 Å². The largest absolute Gasteiger partial charge is 0.331 e. The Morgan fingerprint density at radius 1 is 1.33 bits per heavy atom. The number of aromatic nitrogens is 1. The fourth-order valence-electron chi connectivity index (χ4n) is 2.49. The third-order valence-corrected chi connectivity index (χ3v) is 5.78. The molecule has 3 heterocycles. The highest BCUT2D eigenvalue weighted by atomic mass is 32.2. The van der Waals surface area contributed by atoms with Crippen LogP contribution in [0.15, 0.2) is 29.6 Å². The summed E-state index contributed by atoms with van der Waals surface area (Å²) in [4.78, 5) is 22.1. The number of thioether (sulfide) groups is 1. The van der Waals surface area contributed by atoms with Gasteiger partial charge in [-0.2, -0.15) is 5.26 Å². The molecule has 0 aliphatic carbocycles. The lowest BCUT2D eigenvalue weighted by molar-refractivity contribution is 0.172. The van der Waals surface area contributed by atoms with E-state index in [1.807, 2.05) is 28.5 Å². The monoisotopic (exact) mass is 358 g/mol. The van der Waals surface area contributed by atoms with Gasteiger partial charge in [-0.05, 0) is 30.6 Å². The molecular formula is C17H18N4OS2. The maximum atomic E-state index is 12.4. The molecular weight excluding hydrogens is 340 g/mol. The summed E-state index contributed by atoms with van der Waals surface area (Å²) in [6.07, 6.45) is 0. The van der Waals surface area contributed by atoms with Crippen molar-refractivity contribution in [2.24, 2.45) is 0 Å².